The first-order valence-corrected chi connectivity index (χ1v) is 3.89. The Hall–Kier alpha value is -0.790. The zero-order chi connectivity index (χ0) is 8.48. The SMILES string of the molecule is [CH2]C(C)(C(C)C)n1ccnc1. The van der Waals surface area contributed by atoms with Crippen molar-refractivity contribution in [1.29, 1.82) is 0 Å². The monoisotopic (exact) mass is 151 g/mol. The molecule has 1 heterocycles. The number of hydrogen-bond donors (Lipinski definition) is 0. The Morgan fingerprint density at radius 2 is 2.18 bits per heavy atom. The van der Waals surface area contributed by atoms with Crippen molar-refractivity contribution in [1.82, 2.24) is 9.55 Å². The average Bonchev–Trinajstić information content (AvgIpc) is 2.37. The Bertz CT molecular complexity index is 209. The fourth-order valence-corrected chi connectivity index (χ4v) is 0.859. The molecular formula is C9H15N2. The van der Waals surface area contributed by atoms with E-state index in [1.165, 1.54) is 0 Å². The van der Waals surface area contributed by atoms with Gasteiger partial charge in [0.1, 0.15) is 0 Å². The summed E-state index contributed by atoms with van der Waals surface area (Å²) in [4.78, 5) is 3.99. The maximum Gasteiger partial charge on any atom is 0.0951 e. The highest BCUT2D eigenvalue weighted by Crippen LogP contribution is 2.23. The van der Waals surface area contributed by atoms with Gasteiger partial charge in [0.25, 0.3) is 0 Å². The first kappa shape index (κ1) is 8.31. The zero-order valence-electron chi connectivity index (χ0n) is 7.41. The Balaban J connectivity index is 2.90. The Morgan fingerprint density at radius 3 is 2.55 bits per heavy atom. The van der Waals surface area contributed by atoms with Crippen molar-refractivity contribution in [2.75, 3.05) is 0 Å². The highest BCUT2D eigenvalue weighted by Gasteiger charge is 2.23. The molecular weight excluding hydrogens is 136 g/mol. The summed E-state index contributed by atoms with van der Waals surface area (Å²) in [5.74, 6) is 0.511. The summed E-state index contributed by atoms with van der Waals surface area (Å²) in [6.45, 7) is 10.6. The van der Waals surface area contributed by atoms with E-state index in [-0.39, 0.29) is 5.54 Å². The lowest BCUT2D eigenvalue weighted by Gasteiger charge is -2.30. The van der Waals surface area contributed by atoms with Crippen molar-refractivity contribution in [3.05, 3.63) is 25.6 Å². The number of imidazole rings is 1. The Labute approximate surface area is 68.3 Å². The summed E-state index contributed by atoms with van der Waals surface area (Å²) in [6, 6.07) is 0. The molecule has 1 aromatic heterocycles. The van der Waals surface area contributed by atoms with Gasteiger partial charge in [-0.05, 0) is 19.8 Å². The number of hydrogen-bond acceptors (Lipinski definition) is 1. The molecule has 0 N–H and O–H groups in total. The Kier molecular flexibility index (Phi) is 2.03. The first-order valence-electron chi connectivity index (χ1n) is 3.89. The van der Waals surface area contributed by atoms with Crippen molar-refractivity contribution < 1.29 is 0 Å². The van der Waals surface area contributed by atoms with Gasteiger partial charge in [0.15, 0.2) is 0 Å². The van der Waals surface area contributed by atoms with Crippen LogP contribution < -0.4 is 0 Å². The predicted molar refractivity (Wildman–Crippen MR) is 46.1 cm³/mol. The van der Waals surface area contributed by atoms with Crippen molar-refractivity contribution in [3.63, 3.8) is 0 Å². The van der Waals surface area contributed by atoms with E-state index >= 15 is 0 Å². The maximum atomic E-state index is 4.13. The van der Waals surface area contributed by atoms with Crippen LogP contribution in [0.2, 0.25) is 0 Å². The summed E-state index contributed by atoms with van der Waals surface area (Å²) in [5, 5.41) is 0. The lowest BCUT2D eigenvalue weighted by molar-refractivity contribution is 0.290. The third-order valence-electron chi connectivity index (χ3n) is 2.34. The van der Waals surface area contributed by atoms with Crippen molar-refractivity contribution >= 4 is 0 Å². The van der Waals surface area contributed by atoms with Gasteiger partial charge >= 0.3 is 0 Å². The second kappa shape index (κ2) is 2.68. The van der Waals surface area contributed by atoms with E-state index in [1.54, 1.807) is 6.20 Å². The molecule has 0 fully saturated rings. The van der Waals surface area contributed by atoms with Crippen molar-refractivity contribution in [2.45, 2.75) is 26.3 Å². The summed E-state index contributed by atoms with van der Waals surface area (Å²) >= 11 is 0. The average molecular weight is 151 g/mol. The van der Waals surface area contributed by atoms with E-state index in [1.807, 2.05) is 17.1 Å². The molecule has 1 aromatic rings. The van der Waals surface area contributed by atoms with Gasteiger partial charge in [0.2, 0.25) is 0 Å². The van der Waals surface area contributed by atoms with Crippen LogP contribution in [0.5, 0.6) is 0 Å². The smallest absolute Gasteiger partial charge is 0.0951 e. The van der Waals surface area contributed by atoms with E-state index in [0.29, 0.717) is 5.92 Å². The van der Waals surface area contributed by atoms with Crippen LogP contribution in [0.3, 0.4) is 0 Å². The molecule has 1 atom stereocenters. The van der Waals surface area contributed by atoms with E-state index in [2.05, 4.69) is 32.7 Å². The van der Waals surface area contributed by atoms with Crippen LogP contribution in [-0.4, -0.2) is 9.55 Å². The van der Waals surface area contributed by atoms with Gasteiger partial charge in [-0.1, -0.05) is 13.8 Å². The number of nitrogens with zero attached hydrogens (tertiary/aromatic N) is 2. The van der Waals surface area contributed by atoms with Gasteiger partial charge in [0, 0.05) is 17.9 Å². The molecule has 0 aromatic carbocycles. The van der Waals surface area contributed by atoms with E-state index in [0.717, 1.165) is 0 Å². The fourth-order valence-electron chi connectivity index (χ4n) is 0.859. The van der Waals surface area contributed by atoms with Gasteiger partial charge < -0.3 is 4.57 Å². The predicted octanol–water partition coefficient (Wildman–Crippen LogP) is 2.09. The lowest BCUT2D eigenvalue weighted by atomic mass is 9.91. The molecule has 0 aliphatic carbocycles. The molecule has 0 spiro atoms. The van der Waals surface area contributed by atoms with Crippen LogP contribution in [0.4, 0.5) is 0 Å². The van der Waals surface area contributed by atoms with E-state index in [4.69, 9.17) is 0 Å². The van der Waals surface area contributed by atoms with Gasteiger partial charge in [-0.2, -0.15) is 0 Å². The van der Waals surface area contributed by atoms with Gasteiger partial charge in [-0.3, -0.25) is 0 Å². The second-order valence-corrected chi connectivity index (χ2v) is 3.48. The summed E-state index contributed by atoms with van der Waals surface area (Å²) < 4.78 is 2.04. The molecule has 1 rings (SSSR count). The van der Waals surface area contributed by atoms with Crippen LogP contribution in [-0.2, 0) is 5.54 Å². The standard InChI is InChI=1S/C9H15N2/c1-8(2)9(3,4)11-6-5-10-7-11/h5-8H,3H2,1-2,4H3. The minimum absolute atomic E-state index is 0.0729. The summed E-state index contributed by atoms with van der Waals surface area (Å²) in [7, 11) is 0. The molecule has 2 nitrogen and oxygen atoms in total. The molecule has 0 bridgehead atoms. The number of rotatable bonds is 2. The zero-order valence-corrected chi connectivity index (χ0v) is 7.41. The van der Waals surface area contributed by atoms with Crippen LogP contribution in [0.1, 0.15) is 20.8 Å². The molecule has 2 heteroatoms. The number of aromatic nitrogens is 2. The summed E-state index contributed by atoms with van der Waals surface area (Å²) in [6.07, 6.45) is 5.55. The van der Waals surface area contributed by atoms with E-state index in [9.17, 15) is 0 Å². The van der Waals surface area contributed by atoms with Crippen LogP contribution in [0.25, 0.3) is 0 Å². The van der Waals surface area contributed by atoms with Gasteiger partial charge in [-0.25, -0.2) is 4.98 Å². The topological polar surface area (TPSA) is 17.8 Å². The molecule has 0 saturated carbocycles. The molecule has 0 saturated heterocycles. The summed E-state index contributed by atoms with van der Waals surface area (Å²) in [5.41, 5.74) is -0.0729. The molecule has 0 aliphatic rings. The fraction of sp³-hybridized carbons (Fsp3) is 0.556. The second-order valence-electron chi connectivity index (χ2n) is 3.48. The third kappa shape index (κ3) is 1.44. The maximum absolute atomic E-state index is 4.13. The normalized spacial score (nSPS) is 12.5. The molecule has 0 amide bonds. The third-order valence-corrected chi connectivity index (χ3v) is 2.34. The van der Waals surface area contributed by atoms with Crippen molar-refractivity contribution in [3.8, 4) is 0 Å². The van der Waals surface area contributed by atoms with Crippen molar-refractivity contribution in [2.24, 2.45) is 5.92 Å². The largest absolute Gasteiger partial charge is 0.331 e. The van der Waals surface area contributed by atoms with E-state index < -0.39 is 0 Å². The molecule has 0 aliphatic heterocycles. The highest BCUT2D eigenvalue weighted by atomic mass is 15.1. The van der Waals surface area contributed by atoms with Crippen LogP contribution in [0.15, 0.2) is 18.7 Å². The highest BCUT2D eigenvalue weighted by molar-refractivity contribution is 4.92. The Morgan fingerprint density at radius 1 is 1.55 bits per heavy atom. The van der Waals surface area contributed by atoms with Gasteiger partial charge in [0.05, 0.1) is 6.33 Å². The quantitative estimate of drug-likeness (QED) is 0.632. The first-order chi connectivity index (χ1) is 5.05. The molecule has 61 valence electrons. The molecule has 11 heavy (non-hydrogen) atoms. The van der Waals surface area contributed by atoms with Crippen LogP contribution >= 0.6 is 0 Å². The molecule has 1 radical (unpaired) electrons. The van der Waals surface area contributed by atoms with Gasteiger partial charge in [-0.15, -0.1) is 0 Å². The molecule has 1 unspecified atom stereocenters. The minimum Gasteiger partial charge on any atom is -0.331 e. The minimum atomic E-state index is -0.0729. The van der Waals surface area contributed by atoms with Crippen LogP contribution in [0, 0.1) is 12.8 Å². The lowest BCUT2D eigenvalue weighted by Crippen LogP contribution is -2.31.